The lowest BCUT2D eigenvalue weighted by Crippen LogP contribution is -2.07. The van der Waals surface area contributed by atoms with Crippen molar-refractivity contribution in [3.63, 3.8) is 0 Å². The van der Waals surface area contributed by atoms with Crippen LogP contribution in [0.25, 0.3) is 10.8 Å². The number of hydrogen-bond donors (Lipinski definition) is 4. The molecule has 0 aliphatic carbocycles. The number of fused-ring (bicyclic) bond motifs is 1. The highest BCUT2D eigenvalue weighted by Crippen LogP contribution is 2.43. The molecule has 0 amide bonds. The first-order valence-corrected chi connectivity index (χ1v) is 9.63. The molecular formula is C14H15NO7S2. The summed E-state index contributed by atoms with van der Waals surface area (Å²) in [7, 11) is -7.14. The van der Waals surface area contributed by atoms with Crippen molar-refractivity contribution in [2.75, 3.05) is 18.1 Å². The second-order valence-electron chi connectivity index (χ2n) is 4.93. The van der Waals surface area contributed by atoms with Gasteiger partial charge >= 0.3 is 0 Å². The van der Waals surface area contributed by atoms with Gasteiger partial charge in [-0.2, -0.15) is 8.42 Å². The monoisotopic (exact) mass is 373 g/mol. The Morgan fingerprint density at radius 1 is 1.17 bits per heavy atom. The molecule has 0 atom stereocenters. The first kappa shape index (κ1) is 18.0. The second-order valence-corrected chi connectivity index (χ2v) is 8.36. The molecule has 0 aliphatic heterocycles. The molecule has 2 rings (SSSR count). The quantitative estimate of drug-likeness (QED) is 0.351. The Bertz CT molecular complexity index is 1040. The van der Waals surface area contributed by atoms with E-state index >= 15 is 0 Å². The lowest BCUT2D eigenvalue weighted by atomic mass is 10.1. The standard InChI is InChI=1S/C14H15NO7S2/c1-3-4-23(18,19)11-6-8-5-9(24(20,21)22)7-10(16)12(8)13(15-2)14(11)17/h3,5-7,15-17H,1,4H2,2H3,(H,20,21,22). The minimum atomic E-state index is -4.61. The zero-order valence-electron chi connectivity index (χ0n) is 12.5. The van der Waals surface area contributed by atoms with Crippen LogP contribution in [0.15, 0.2) is 40.6 Å². The second kappa shape index (κ2) is 5.96. The maximum Gasteiger partial charge on any atom is 0.294 e. The van der Waals surface area contributed by atoms with Crippen LogP contribution in [0.1, 0.15) is 0 Å². The van der Waals surface area contributed by atoms with E-state index in [1.54, 1.807) is 0 Å². The normalized spacial score (nSPS) is 12.2. The van der Waals surface area contributed by atoms with Crippen molar-refractivity contribution in [1.82, 2.24) is 0 Å². The maximum absolute atomic E-state index is 12.2. The summed E-state index contributed by atoms with van der Waals surface area (Å²) in [6.45, 7) is 3.34. The van der Waals surface area contributed by atoms with Crippen molar-refractivity contribution in [3.8, 4) is 11.5 Å². The Labute approximate surface area is 138 Å². The van der Waals surface area contributed by atoms with E-state index in [-0.39, 0.29) is 16.5 Å². The van der Waals surface area contributed by atoms with Crippen molar-refractivity contribution < 1.29 is 31.6 Å². The summed E-state index contributed by atoms with van der Waals surface area (Å²) in [6, 6.07) is 2.83. The van der Waals surface area contributed by atoms with Gasteiger partial charge in [0.15, 0.2) is 15.6 Å². The molecule has 4 N–H and O–H groups in total. The molecule has 0 aromatic heterocycles. The number of benzene rings is 2. The molecule has 0 aliphatic rings. The average molecular weight is 373 g/mol. The Kier molecular flexibility index (Phi) is 4.48. The number of hydrogen-bond acceptors (Lipinski definition) is 7. The fourth-order valence-electron chi connectivity index (χ4n) is 2.33. The van der Waals surface area contributed by atoms with Crippen LogP contribution in [0.5, 0.6) is 11.5 Å². The summed E-state index contributed by atoms with van der Waals surface area (Å²) in [5, 5.41) is 22.9. The van der Waals surface area contributed by atoms with Gasteiger partial charge < -0.3 is 15.5 Å². The first-order chi connectivity index (χ1) is 11.0. The highest BCUT2D eigenvalue weighted by molar-refractivity contribution is 7.91. The molecule has 0 bridgehead atoms. The van der Waals surface area contributed by atoms with E-state index in [1.807, 2.05) is 0 Å². The van der Waals surface area contributed by atoms with Crippen molar-refractivity contribution in [3.05, 3.63) is 30.9 Å². The zero-order valence-corrected chi connectivity index (χ0v) is 14.1. The average Bonchev–Trinajstić information content (AvgIpc) is 2.45. The van der Waals surface area contributed by atoms with Gasteiger partial charge in [-0.3, -0.25) is 4.55 Å². The highest BCUT2D eigenvalue weighted by Gasteiger charge is 2.24. The van der Waals surface area contributed by atoms with Gasteiger partial charge in [-0.05, 0) is 17.5 Å². The SMILES string of the molecule is C=CCS(=O)(=O)c1cc2cc(S(=O)(=O)O)cc(O)c2c(NC)c1O. The van der Waals surface area contributed by atoms with E-state index in [9.17, 15) is 27.0 Å². The van der Waals surface area contributed by atoms with Crippen molar-refractivity contribution in [1.29, 1.82) is 0 Å². The predicted octanol–water partition coefficient (Wildman–Crippen LogP) is 1.50. The third kappa shape index (κ3) is 3.03. The third-order valence-electron chi connectivity index (χ3n) is 3.35. The van der Waals surface area contributed by atoms with Crippen molar-refractivity contribution in [2.24, 2.45) is 0 Å². The van der Waals surface area contributed by atoms with Gasteiger partial charge in [0.25, 0.3) is 10.1 Å². The number of phenolic OH excluding ortho intramolecular Hbond substituents is 2. The number of nitrogens with one attached hydrogen (secondary N) is 1. The van der Waals surface area contributed by atoms with Gasteiger partial charge in [-0.25, -0.2) is 8.42 Å². The topological polar surface area (TPSA) is 141 Å². The minimum absolute atomic E-state index is 0.00686. The molecule has 10 heteroatoms. The van der Waals surface area contributed by atoms with E-state index in [1.165, 1.54) is 7.05 Å². The molecule has 0 saturated heterocycles. The third-order valence-corrected chi connectivity index (χ3v) is 5.84. The summed E-state index contributed by atoms with van der Waals surface area (Å²) in [5.41, 5.74) is -0.0884. The Balaban J connectivity index is 3.00. The fourth-order valence-corrected chi connectivity index (χ4v) is 4.06. The van der Waals surface area contributed by atoms with Gasteiger partial charge in [0, 0.05) is 13.1 Å². The minimum Gasteiger partial charge on any atom is -0.507 e. The van der Waals surface area contributed by atoms with Crippen LogP contribution in [0.3, 0.4) is 0 Å². The first-order valence-electron chi connectivity index (χ1n) is 6.54. The van der Waals surface area contributed by atoms with E-state index in [4.69, 9.17) is 4.55 Å². The van der Waals surface area contributed by atoms with Gasteiger partial charge in [-0.1, -0.05) is 6.08 Å². The zero-order chi connectivity index (χ0) is 18.3. The lowest BCUT2D eigenvalue weighted by Gasteiger charge is -2.15. The summed E-state index contributed by atoms with van der Waals surface area (Å²) in [6.07, 6.45) is 1.14. The largest absolute Gasteiger partial charge is 0.507 e. The molecule has 0 spiro atoms. The fraction of sp³-hybridized carbons (Fsp3) is 0.143. The summed E-state index contributed by atoms with van der Waals surface area (Å²) in [5.74, 6) is -1.60. The number of rotatable bonds is 5. The van der Waals surface area contributed by atoms with Gasteiger partial charge in [-0.15, -0.1) is 6.58 Å². The van der Waals surface area contributed by atoms with Crippen LogP contribution >= 0.6 is 0 Å². The van der Waals surface area contributed by atoms with Gasteiger partial charge in [0.2, 0.25) is 0 Å². The van der Waals surface area contributed by atoms with Crippen LogP contribution in [0, 0.1) is 0 Å². The van der Waals surface area contributed by atoms with Crippen LogP contribution in [-0.4, -0.2) is 44.4 Å². The Hall–Kier alpha value is -2.30. The number of anilines is 1. The Morgan fingerprint density at radius 3 is 2.29 bits per heavy atom. The smallest absolute Gasteiger partial charge is 0.294 e. The number of aromatic hydroxyl groups is 2. The molecule has 0 unspecified atom stereocenters. The molecule has 2 aromatic rings. The van der Waals surface area contributed by atoms with Gasteiger partial charge in [0.05, 0.1) is 21.7 Å². The van der Waals surface area contributed by atoms with Crippen LogP contribution in [-0.2, 0) is 20.0 Å². The van der Waals surface area contributed by atoms with E-state index in [0.29, 0.717) is 0 Å². The summed E-state index contributed by atoms with van der Waals surface area (Å²) in [4.78, 5) is -1.06. The molecule has 2 aromatic carbocycles. The van der Waals surface area contributed by atoms with Crippen LogP contribution < -0.4 is 5.32 Å². The molecule has 130 valence electrons. The molecule has 0 radical (unpaired) electrons. The van der Waals surface area contributed by atoms with Crippen molar-refractivity contribution >= 4 is 36.4 Å². The number of sulfone groups is 1. The molecular weight excluding hydrogens is 358 g/mol. The van der Waals surface area contributed by atoms with Crippen LogP contribution in [0.4, 0.5) is 5.69 Å². The molecule has 24 heavy (non-hydrogen) atoms. The van der Waals surface area contributed by atoms with Gasteiger partial charge in [0.1, 0.15) is 10.6 Å². The van der Waals surface area contributed by atoms with Crippen LogP contribution in [0.2, 0.25) is 0 Å². The molecule has 8 nitrogen and oxygen atoms in total. The molecule has 0 saturated carbocycles. The van der Waals surface area contributed by atoms with Crippen molar-refractivity contribution in [2.45, 2.75) is 9.79 Å². The van der Waals surface area contributed by atoms with E-state index in [0.717, 1.165) is 24.3 Å². The highest BCUT2D eigenvalue weighted by atomic mass is 32.2. The molecule has 0 heterocycles. The molecule has 0 fully saturated rings. The summed E-state index contributed by atoms with van der Waals surface area (Å²) < 4.78 is 56.2. The predicted molar refractivity (Wildman–Crippen MR) is 88.9 cm³/mol. The summed E-state index contributed by atoms with van der Waals surface area (Å²) >= 11 is 0. The maximum atomic E-state index is 12.2. The van der Waals surface area contributed by atoms with E-state index < -0.39 is 47.0 Å². The van der Waals surface area contributed by atoms with E-state index in [2.05, 4.69) is 11.9 Å². The lowest BCUT2D eigenvalue weighted by molar-refractivity contribution is 0.459. The number of phenols is 2. The Morgan fingerprint density at radius 2 is 1.79 bits per heavy atom.